The van der Waals surface area contributed by atoms with Gasteiger partial charge in [-0.3, -0.25) is 14.9 Å². The van der Waals surface area contributed by atoms with Crippen LogP contribution in [0.1, 0.15) is 65.9 Å². The van der Waals surface area contributed by atoms with Crippen LogP contribution in [0.15, 0.2) is 36.4 Å². The second-order valence-corrected chi connectivity index (χ2v) is 12.0. The van der Waals surface area contributed by atoms with Crippen LogP contribution in [-0.4, -0.2) is 40.8 Å². The highest BCUT2D eigenvalue weighted by molar-refractivity contribution is 7.16. The Kier molecular flexibility index (Phi) is 8.56. The molecule has 216 valence electrons. The lowest BCUT2D eigenvalue weighted by molar-refractivity contribution is -0.137. The number of para-hydroxylation sites is 1. The number of methoxy groups -OCH3 is 2. The van der Waals surface area contributed by atoms with Crippen LogP contribution < -0.4 is 14.8 Å². The van der Waals surface area contributed by atoms with Crippen molar-refractivity contribution in [3.8, 4) is 22.8 Å². The van der Waals surface area contributed by atoms with Crippen molar-refractivity contribution < 1.29 is 24.2 Å². The zero-order chi connectivity index (χ0) is 29.3. The molecule has 1 fully saturated rings. The minimum Gasteiger partial charge on any atom is -0.496 e. The summed E-state index contributed by atoms with van der Waals surface area (Å²) in [5.41, 5.74) is 3.17. The summed E-state index contributed by atoms with van der Waals surface area (Å²) in [7, 11) is 3.15. The number of aromatic nitrogens is 2. The van der Waals surface area contributed by atoms with E-state index in [1.807, 2.05) is 37.3 Å². The Balaban J connectivity index is 1.60. The fraction of sp³-hybridized carbons (Fsp3) is 0.387. The molecule has 1 saturated carbocycles. The summed E-state index contributed by atoms with van der Waals surface area (Å²) in [6.07, 6.45) is 5.97. The molecule has 0 spiro atoms. The zero-order valence-electron chi connectivity index (χ0n) is 23.6. The highest BCUT2D eigenvalue weighted by Crippen LogP contribution is 2.47. The van der Waals surface area contributed by atoms with Crippen LogP contribution in [0.25, 0.3) is 22.2 Å². The molecule has 0 aliphatic heterocycles. The van der Waals surface area contributed by atoms with Crippen LogP contribution in [0.3, 0.4) is 0 Å². The summed E-state index contributed by atoms with van der Waals surface area (Å²) >= 11 is 7.86. The van der Waals surface area contributed by atoms with Crippen molar-refractivity contribution in [1.29, 1.82) is 0 Å². The minimum atomic E-state index is -1.02. The van der Waals surface area contributed by atoms with E-state index in [4.69, 9.17) is 26.1 Å². The van der Waals surface area contributed by atoms with Gasteiger partial charge in [0.2, 0.25) is 0 Å². The molecule has 8 nitrogen and oxygen atoms in total. The summed E-state index contributed by atoms with van der Waals surface area (Å²) < 4.78 is 12.8. The number of amides is 1. The molecule has 1 atom stereocenters. The number of carbonyl (C=O) groups is 2. The smallest absolute Gasteiger partial charge is 0.323 e. The van der Waals surface area contributed by atoms with E-state index in [0.717, 1.165) is 39.9 Å². The van der Waals surface area contributed by atoms with Gasteiger partial charge < -0.3 is 19.1 Å². The molecule has 0 saturated heterocycles. The largest absolute Gasteiger partial charge is 0.496 e. The van der Waals surface area contributed by atoms with Crippen molar-refractivity contribution in [2.75, 3.05) is 19.5 Å². The number of carboxylic acids is 1. The predicted octanol–water partition coefficient (Wildman–Crippen LogP) is 7.76. The monoisotopic (exact) mass is 595 g/mol. The molecule has 1 amide bonds. The number of carboxylic acid groups (broad SMARTS) is 1. The van der Waals surface area contributed by atoms with E-state index < -0.39 is 11.9 Å². The van der Waals surface area contributed by atoms with E-state index in [1.165, 1.54) is 30.6 Å². The van der Waals surface area contributed by atoms with Crippen molar-refractivity contribution in [1.82, 2.24) is 9.55 Å². The van der Waals surface area contributed by atoms with Gasteiger partial charge in [-0.1, -0.05) is 56.0 Å². The lowest BCUT2D eigenvalue weighted by Gasteiger charge is -2.27. The van der Waals surface area contributed by atoms with E-state index in [2.05, 4.69) is 12.2 Å². The van der Waals surface area contributed by atoms with Crippen LogP contribution in [0.4, 0.5) is 5.13 Å². The second kappa shape index (κ2) is 12.1. The third-order valence-electron chi connectivity index (χ3n) is 8.11. The van der Waals surface area contributed by atoms with Crippen LogP contribution >= 0.6 is 22.9 Å². The van der Waals surface area contributed by atoms with Gasteiger partial charge in [-0.15, -0.1) is 11.3 Å². The molecular weight excluding hydrogens is 562 g/mol. The molecule has 5 rings (SSSR count). The van der Waals surface area contributed by atoms with E-state index >= 15 is 0 Å². The zero-order valence-corrected chi connectivity index (χ0v) is 25.2. The number of fused-ring (bicyclic) bond motifs is 1. The van der Waals surface area contributed by atoms with E-state index in [0.29, 0.717) is 38.8 Å². The lowest BCUT2D eigenvalue weighted by atomic mass is 9.79. The molecule has 10 heteroatoms. The molecule has 1 unspecified atom stereocenters. The van der Waals surface area contributed by atoms with Gasteiger partial charge >= 0.3 is 5.97 Å². The first-order valence-electron chi connectivity index (χ1n) is 13.8. The molecule has 2 aromatic carbocycles. The number of thiazole rings is 1. The molecular formula is C31H34ClN3O5S. The number of nitrogens with one attached hydrogen (secondary N) is 1. The Morgan fingerprint density at radius 1 is 1.15 bits per heavy atom. The molecule has 4 aromatic rings. The summed E-state index contributed by atoms with van der Waals surface area (Å²) in [5.74, 6) is 0.355. The maximum atomic E-state index is 13.8. The standard InChI is InChI=1S/C31H34ClN3O5S/c1-17(19-10-6-5-7-11-19)29-27(21-14-25(40-4)22(32)15-24(21)39-3)33-31(41-29)34-30(38)28-18(2)20-12-8-9-13-23(20)35(28)16-26(36)37/h8-9,12-15,17,19H,5-7,10-11,16H2,1-4H3,(H,36,37)(H,33,34,38). The molecule has 0 bridgehead atoms. The first-order chi connectivity index (χ1) is 19.7. The first-order valence-corrected chi connectivity index (χ1v) is 15.0. The summed E-state index contributed by atoms with van der Waals surface area (Å²) in [5, 5.41) is 14.3. The molecule has 2 aromatic heterocycles. The van der Waals surface area contributed by atoms with Crippen LogP contribution in [-0.2, 0) is 11.3 Å². The van der Waals surface area contributed by atoms with E-state index in [1.54, 1.807) is 24.9 Å². The molecule has 0 radical (unpaired) electrons. The molecule has 41 heavy (non-hydrogen) atoms. The summed E-state index contributed by atoms with van der Waals surface area (Å²) in [6.45, 7) is 3.74. The average Bonchev–Trinajstić information content (AvgIpc) is 3.51. The molecule has 2 N–H and O–H groups in total. The Morgan fingerprint density at radius 2 is 1.85 bits per heavy atom. The second-order valence-electron chi connectivity index (χ2n) is 10.5. The van der Waals surface area contributed by atoms with E-state index in [-0.39, 0.29) is 12.5 Å². The third kappa shape index (κ3) is 5.65. The highest BCUT2D eigenvalue weighted by Gasteiger charge is 2.30. The van der Waals surface area contributed by atoms with E-state index in [9.17, 15) is 14.7 Å². The van der Waals surface area contributed by atoms with Gasteiger partial charge in [0.05, 0.1) is 24.9 Å². The predicted molar refractivity (Wildman–Crippen MR) is 163 cm³/mol. The number of nitrogens with zero attached hydrogens (tertiary/aromatic N) is 2. The number of aryl methyl sites for hydroxylation is 1. The highest BCUT2D eigenvalue weighted by atomic mass is 35.5. The van der Waals surface area contributed by atoms with Crippen LogP contribution in [0, 0.1) is 12.8 Å². The van der Waals surface area contributed by atoms with Gasteiger partial charge in [-0.2, -0.15) is 0 Å². The van der Waals surface area contributed by atoms with Gasteiger partial charge in [-0.25, -0.2) is 4.98 Å². The van der Waals surface area contributed by atoms with Crippen molar-refractivity contribution in [2.24, 2.45) is 5.92 Å². The van der Waals surface area contributed by atoms with Crippen LogP contribution in [0.5, 0.6) is 11.5 Å². The normalized spacial score (nSPS) is 14.7. The number of hydrogen-bond donors (Lipinski definition) is 2. The third-order valence-corrected chi connectivity index (χ3v) is 9.57. The SMILES string of the molecule is COc1cc(-c2nc(NC(=O)c3c(C)c4ccccc4n3CC(=O)O)sc2C(C)C2CCCCC2)c(OC)cc1Cl. The fourth-order valence-electron chi connectivity index (χ4n) is 6.01. The summed E-state index contributed by atoms with van der Waals surface area (Å²) in [6, 6.07) is 11.0. The number of halogens is 1. The Bertz CT molecular complexity index is 1610. The minimum absolute atomic E-state index is 0.208. The van der Waals surface area contributed by atoms with Crippen molar-refractivity contribution >= 4 is 50.8 Å². The fourth-order valence-corrected chi connectivity index (χ4v) is 7.36. The van der Waals surface area contributed by atoms with Gasteiger partial charge in [0, 0.05) is 27.4 Å². The Morgan fingerprint density at radius 3 is 2.54 bits per heavy atom. The van der Waals surface area contributed by atoms with Gasteiger partial charge in [0.15, 0.2) is 5.13 Å². The summed E-state index contributed by atoms with van der Waals surface area (Å²) in [4.78, 5) is 31.5. The van der Waals surface area contributed by atoms with Crippen LogP contribution in [0.2, 0.25) is 5.02 Å². The number of anilines is 1. The average molecular weight is 596 g/mol. The van der Waals surface area contributed by atoms with Gasteiger partial charge in [0.25, 0.3) is 5.91 Å². The van der Waals surface area contributed by atoms with Crippen molar-refractivity contribution in [3.63, 3.8) is 0 Å². The van der Waals surface area contributed by atoms with Gasteiger partial charge in [0.1, 0.15) is 23.7 Å². The topological polar surface area (TPSA) is 103 Å². The van der Waals surface area contributed by atoms with Crippen molar-refractivity contribution in [3.05, 3.63) is 57.6 Å². The molecule has 1 aliphatic carbocycles. The first kappa shape index (κ1) is 29.0. The Hall–Kier alpha value is -3.56. The maximum Gasteiger partial charge on any atom is 0.323 e. The number of carbonyl (C=O) groups excluding carboxylic acids is 1. The number of hydrogen-bond acceptors (Lipinski definition) is 6. The number of rotatable bonds is 9. The lowest BCUT2D eigenvalue weighted by Crippen LogP contribution is -2.20. The van der Waals surface area contributed by atoms with Gasteiger partial charge in [-0.05, 0) is 49.3 Å². The van der Waals surface area contributed by atoms with Crippen molar-refractivity contribution in [2.45, 2.75) is 58.4 Å². The number of benzene rings is 2. The molecule has 2 heterocycles. The molecule has 1 aliphatic rings. The number of ether oxygens (including phenoxy) is 2. The maximum absolute atomic E-state index is 13.8. The number of aliphatic carboxylic acids is 1. The quantitative estimate of drug-likeness (QED) is 0.205. The Labute approximate surface area is 248 Å².